The molecule has 1 N–H and O–H groups in total. The molecule has 2 aliphatic rings. The third-order valence-corrected chi connectivity index (χ3v) is 6.21. The summed E-state index contributed by atoms with van der Waals surface area (Å²) in [5.74, 6) is 0.657. The predicted molar refractivity (Wildman–Crippen MR) is 141 cm³/mol. The van der Waals surface area contributed by atoms with Crippen LogP contribution in [-0.2, 0) is 20.7 Å². The van der Waals surface area contributed by atoms with Crippen molar-refractivity contribution in [2.24, 2.45) is 0 Å². The molecule has 4 heterocycles. The lowest BCUT2D eigenvalue weighted by molar-refractivity contribution is -0.115. The van der Waals surface area contributed by atoms with Crippen LogP contribution in [0.3, 0.4) is 0 Å². The summed E-state index contributed by atoms with van der Waals surface area (Å²) in [7, 11) is 0. The summed E-state index contributed by atoms with van der Waals surface area (Å²) < 4.78 is 16.8. The number of nitrogens with zero attached hydrogens (tertiary/aromatic N) is 3. The van der Waals surface area contributed by atoms with E-state index in [-0.39, 0.29) is 24.5 Å². The van der Waals surface area contributed by atoms with Gasteiger partial charge in [-0.1, -0.05) is 23.7 Å². The molecule has 0 atom stereocenters. The van der Waals surface area contributed by atoms with Crippen molar-refractivity contribution in [3.63, 3.8) is 0 Å². The SMILES string of the molecule is CC(C)(C)OC(=O)N1CC=C(c2ccc(CC(=O)Nc3cc(OC4CCOCC4)c(Cl)cn3)cn2)CC1. The Balaban J connectivity index is 1.30. The number of carbonyl (C=O) groups is 2. The van der Waals surface area contributed by atoms with Crippen molar-refractivity contribution in [2.75, 3.05) is 31.6 Å². The molecule has 2 aliphatic heterocycles. The quantitative estimate of drug-likeness (QED) is 0.569. The number of hydrogen-bond acceptors (Lipinski definition) is 7. The van der Waals surface area contributed by atoms with Gasteiger partial charge in [0.1, 0.15) is 28.3 Å². The van der Waals surface area contributed by atoms with Gasteiger partial charge in [0.05, 0.1) is 31.5 Å². The molecule has 0 aromatic carbocycles. The van der Waals surface area contributed by atoms with E-state index in [0.29, 0.717) is 49.3 Å². The van der Waals surface area contributed by atoms with E-state index >= 15 is 0 Å². The third-order valence-electron chi connectivity index (χ3n) is 5.93. The predicted octanol–water partition coefficient (Wildman–Crippen LogP) is 4.89. The Morgan fingerprint density at radius 3 is 2.62 bits per heavy atom. The molecule has 1 saturated heterocycles. The van der Waals surface area contributed by atoms with Gasteiger partial charge in [0.2, 0.25) is 5.91 Å². The van der Waals surface area contributed by atoms with Gasteiger partial charge in [-0.2, -0.15) is 0 Å². The highest BCUT2D eigenvalue weighted by atomic mass is 35.5. The second-order valence-corrected chi connectivity index (χ2v) is 10.5. The molecule has 0 unspecified atom stereocenters. The van der Waals surface area contributed by atoms with Crippen LogP contribution in [0.2, 0.25) is 5.02 Å². The third kappa shape index (κ3) is 7.90. The number of pyridine rings is 2. The van der Waals surface area contributed by atoms with Gasteiger partial charge in [-0.25, -0.2) is 9.78 Å². The topological polar surface area (TPSA) is 103 Å². The van der Waals surface area contributed by atoms with E-state index in [0.717, 1.165) is 29.7 Å². The largest absolute Gasteiger partial charge is 0.488 e. The lowest BCUT2D eigenvalue weighted by Crippen LogP contribution is -2.39. The van der Waals surface area contributed by atoms with Crippen molar-refractivity contribution < 1.29 is 23.8 Å². The summed E-state index contributed by atoms with van der Waals surface area (Å²) in [6, 6.07) is 5.43. The fourth-order valence-electron chi connectivity index (χ4n) is 4.04. The van der Waals surface area contributed by atoms with Crippen LogP contribution in [-0.4, -0.2) is 64.9 Å². The molecule has 10 heteroatoms. The summed E-state index contributed by atoms with van der Waals surface area (Å²) in [4.78, 5) is 35.3. The molecule has 198 valence electrons. The molecule has 0 aliphatic carbocycles. The Kier molecular flexibility index (Phi) is 8.66. The number of carbonyl (C=O) groups excluding carboxylic acids is 2. The molecule has 37 heavy (non-hydrogen) atoms. The van der Waals surface area contributed by atoms with E-state index in [1.807, 2.05) is 39.0 Å². The Hall–Kier alpha value is -3.17. The normalized spacial score (nSPS) is 16.6. The number of rotatable bonds is 6. The highest BCUT2D eigenvalue weighted by molar-refractivity contribution is 6.32. The Morgan fingerprint density at radius 1 is 1.19 bits per heavy atom. The zero-order valence-corrected chi connectivity index (χ0v) is 22.2. The monoisotopic (exact) mass is 528 g/mol. The average Bonchev–Trinajstić information content (AvgIpc) is 2.86. The fraction of sp³-hybridized carbons (Fsp3) is 0.481. The fourth-order valence-corrected chi connectivity index (χ4v) is 4.19. The van der Waals surface area contributed by atoms with Crippen molar-refractivity contribution >= 4 is 35.0 Å². The lowest BCUT2D eigenvalue weighted by Gasteiger charge is -2.29. The number of anilines is 1. The summed E-state index contributed by atoms with van der Waals surface area (Å²) in [6.45, 7) is 7.93. The van der Waals surface area contributed by atoms with Gasteiger partial charge >= 0.3 is 6.09 Å². The summed E-state index contributed by atoms with van der Waals surface area (Å²) in [5, 5.41) is 3.20. The first kappa shape index (κ1) is 26.9. The van der Waals surface area contributed by atoms with Gasteiger partial charge in [0.15, 0.2) is 0 Å². The van der Waals surface area contributed by atoms with Gasteiger partial charge in [-0.3, -0.25) is 9.78 Å². The highest BCUT2D eigenvalue weighted by Gasteiger charge is 2.24. The molecular formula is C27H33ClN4O5. The van der Waals surface area contributed by atoms with Crippen molar-refractivity contribution in [1.29, 1.82) is 0 Å². The highest BCUT2D eigenvalue weighted by Crippen LogP contribution is 2.29. The molecule has 4 rings (SSSR count). The summed E-state index contributed by atoms with van der Waals surface area (Å²) >= 11 is 6.24. The maximum Gasteiger partial charge on any atom is 0.410 e. The number of ether oxygens (including phenoxy) is 3. The van der Waals surface area contributed by atoms with Crippen LogP contribution in [0.15, 0.2) is 36.7 Å². The van der Waals surface area contributed by atoms with Crippen LogP contribution < -0.4 is 10.1 Å². The minimum Gasteiger partial charge on any atom is -0.488 e. The van der Waals surface area contributed by atoms with E-state index in [2.05, 4.69) is 15.3 Å². The number of aromatic nitrogens is 2. The molecular weight excluding hydrogens is 496 g/mol. The first-order valence-corrected chi connectivity index (χ1v) is 12.9. The molecule has 0 bridgehead atoms. The molecule has 0 saturated carbocycles. The van der Waals surface area contributed by atoms with Crippen LogP contribution in [0.4, 0.5) is 10.6 Å². The Labute approximate surface area is 222 Å². The van der Waals surface area contributed by atoms with E-state index in [1.165, 1.54) is 6.20 Å². The summed E-state index contributed by atoms with van der Waals surface area (Å²) in [5.41, 5.74) is 2.16. The van der Waals surface area contributed by atoms with Gasteiger partial charge in [0, 0.05) is 38.2 Å². The standard InChI is InChI=1S/C27H33ClN4O5/c1-27(2,3)37-26(34)32-10-6-19(7-11-32)22-5-4-18(16-29-22)14-25(33)31-24-15-23(21(28)17-30-24)36-20-8-12-35-13-9-20/h4-6,15-17,20H,7-14H2,1-3H3,(H,30,31,33). The first-order valence-electron chi connectivity index (χ1n) is 12.5. The average molecular weight is 529 g/mol. The number of nitrogens with one attached hydrogen (secondary N) is 1. The second kappa shape index (κ2) is 11.9. The Morgan fingerprint density at radius 2 is 1.97 bits per heavy atom. The maximum absolute atomic E-state index is 12.6. The molecule has 0 spiro atoms. The van der Waals surface area contributed by atoms with E-state index < -0.39 is 5.60 Å². The first-order chi connectivity index (χ1) is 17.7. The van der Waals surface area contributed by atoms with Crippen LogP contribution in [0, 0.1) is 0 Å². The van der Waals surface area contributed by atoms with Gasteiger partial charge < -0.3 is 24.4 Å². The molecule has 2 aromatic heterocycles. The zero-order chi connectivity index (χ0) is 26.4. The molecule has 1 fully saturated rings. The number of hydrogen-bond donors (Lipinski definition) is 1. The molecule has 9 nitrogen and oxygen atoms in total. The lowest BCUT2D eigenvalue weighted by atomic mass is 10.0. The van der Waals surface area contributed by atoms with Crippen LogP contribution in [0.1, 0.15) is 51.3 Å². The smallest absolute Gasteiger partial charge is 0.410 e. The minimum absolute atomic E-state index is 0.0291. The van der Waals surface area contributed by atoms with Crippen molar-refractivity contribution in [3.05, 3.63) is 52.9 Å². The number of amides is 2. The maximum atomic E-state index is 12.6. The molecule has 2 aromatic rings. The molecule has 0 radical (unpaired) electrons. The van der Waals surface area contributed by atoms with E-state index in [4.69, 9.17) is 25.8 Å². The zero-order valence-electron chi connectivity index (χ0n) is 21.5. The Bertz CT molecular complexity index is 1140. The van der Waals surface area contributed by atoms with Gasteiger partial charge in [-0.05, 0) is 44.4 Å². The van der Waals surface area contributed by atoms with Crippen molar-refractivity contribution in [1.82, 2.24) is 14.9 Å². The van der Waals surface area contributed by atoms with Crippen molar-refractivity contribution in [2.45, 2.75) is 58.2 Å². The van der Waals surface area contributed by atoms with Gasteiger partial charge in [-0.15, -0.1) is 0 Å². The van der Waals surface area contributed by atoms with E-state index in [1.54, 1.807) is 17.2 Å². The van der Waals surface area contributed by atoms with Crippen molar-refractivity contribution in [3.8, 4) is 5.75 Å². The van der Waals surface area contributed by atoms with Gasteiger partial charge in [0.25, 0.3) is 0 Å². The summed E-state index contributed by atoms with van der Waals surface area (Å²) in [6.07, 6.45) is 7.32. The van der Waals surface area contributed by atoms with Crippen LogP contribution >= 0.6 is 11.6 Å². The van der Waals surface area contributed by atoms with Crippen LogP contribution in [0.25, 0.3) is 5.57 Å². The second-order valence-electron chi connectivity index (χ2n) is 10.1. The minimum atomic E-state index is -0.519. The van der Waals surface area contributed by atoms with Crippen LogP contribution in [0.5, 0.6) is 5.75 Å². The number of halogens is 1. The molecule has 2 amide bonds. The van der Waals surface area contributed by atoms with E-state index in [9.17, 15) is 9.59 Å².